The second kappa shape index (κ2) is 5.65. The van der Waals surface area contributed by atoms with Gasteiger partial charge in [-0.2, -0.15) is 0 Å². The Kier molecular flexibility index (Phi) is 3.93. The van der Waals surface area contributed by atoms with Crippen molar-refractivity contribution >= 4 is 15.7 Å². The Hall–Kier alpha value is -1.86. The number of benzene rings is 1. The highest BCUT2D eigenvalue weighted by molar-refractivity contribution is 7.89. The molecule has 1 heterocycles. The molecule has 4 N–H and O–H groups in total. The minimum absolute atomic E-state index is 0.0168. The molecule has 1 aromatic heterocycles. The van der Waals surface area contributed by atoms with Gasteiger partial charge in [0.05, 0.1) is 11.4 Å². The smallest absolute Gasteiger partial charge is 0.240 e. The van der Waals surface area contributed by atoms with Crippen molar-refractivity contribution in [3.05, 3.63) is 29.2 Å². The molecule has 6 nitrogen and oxygen atoms in total. The number of nitrogen functional groups attached to an aromatic ring is 1. The van der Waals surface area contributed by atoms with Gasteiger partial charge in [0.1, 0.15) is 10.7 Å². The van der Waals surface area contributed by atoms with Gasteiger partial charge in [0, 0.05) is 5.56 Å². The zero-order valence-electron chi connectivity index (χ0n) is 13.3. The van der Waals surface area contributed by atoms with Crippen LogP contribution in [0, 0.1) is 13.8 Å². The molecule has 1 saturated carbocycles. The van der Waals surface area contributed by atoms with Crippen molar-refractivity contribution in [2.24, 2.45) is 5.14 Å². The molecule has 1 aliphatic rings. The molecule has 0 spiro atoms. The third kappa shape index (κ3) is 2.86. The minimum Gasteiger partial charge on any atom is -0.397 e. The van der Waals surface area contributed by atoms with Crippen LogP contribution in [0.2, 0.25) is 0 Å². The van der Waals surface area contributed by atoms with E-state index in [2.05, 4.69) is 5.16 Å². The summed E-state index contributed by atoms with van der Waals surface area (Å²) in [5.41, 5.74) is 9.54. The number of primary sulfonamides is 1. The van der Waals surface area contributed by atoms with Crippen molar-refractivity contribution in [2.45, 2.75) is 50.3 Å². The topological polar surface area (TPSA) is 112 Å². The molecule has 0 saturated heterocycles. The molecule has 0 radical (unpaired) electrons. The summed E-state index contributed by atoms with van der Waals surface area (Å²) in [6.07, 6.45) is 4.29. The maximum Gasteiger partial charge on any atom is 0.240 e. The lowest BCUT2D eigenvalue weighted by Gasteiger charge is -2.17. The van der Waals surface area contributed by atoms with E-state index in [1.165, 1.54) is 6.07 Å². The fourth-order valence-corrected chi connectivity index (χ4v) is 4.21. The lowest BCUT2D eigenvalue weighted by atomic mass is 9.92. The molecule has 0 atom stereocenters. The van der Waals surface area contributed by atoms with Crippen LogP contribution >= 0.6 is 0 Å². The summed E-state index contributed by atoms with van der Waals surface area (Å²) in [5, 5.41) is 9.32. The minimum atomic E-state index is -3.90. The lowest BCUT2D eigenvalue weighted by molar-refractivity contribution is 0.393. The van der Waals surface area contributed by atoms with Gasteiger partial charge >= 0.3 is 0 Å². The summed E-state index contributed by atoms with van der Waals surface area (Å²) in [4.78, 5) is -0.0168. The van der Waals surface area contributed by atoms with E-state index in [1.807, 2.05) is 13.0 Å². The average molecular weight is 335 g/mol. The Morgan fingerprint density at radius 2 is 1.87 bits per heavy atom. The maximum absolute atomic E-state index is 12.0. The SMILES string of the molecule is Cc1noc(C)c1-c1cc(C2CCCC2)c(N)c(S(N)(=O)=O)c1. The third-order valence-corrected chi connectivity index (χ3v) is 5.55. The lowest BCUT2D eigenvalue weighted by Crippen LogP contribution is -2.16. The zero-order valence-corrected chi connectivity index (χ0v) is 14.1. The molecule has 0 bridgehead atoms. The second-order valence-electron chi connectivity index (χ2n) is 6.20. The van der Waals surface area contributed by atoms with E-state index in [0.717, 1.165) is 42.4 Å². The number of aromatic nitrogens is 1. The molecule has 1 fully saturated rings. The van der Waals surface area contributed by atoms with Gasteiger partial charge in [0.15, 0.2) is 0 Å². The fraction of sp³-hybridized carbons (Fsp3) is 0.438. The third-order valence-electron chi connectivity index (χ3n) is 4.60. The molecule has 0 amide bonds. The van der Waals surface area contributed by atoms with Crippen LogP contribution < -0.4 is 10.9 Å². The summed E-state index contributed by atoms with van der Waals surface area (Å²) in [6.45, 7) is 3.63. The number of sulfonamides is 1. The van der Waals surface area contributed by atoms with E-state index in [4.69, 9.17) is 15.4 Å². The van der Waals surface area contributed by atoms with Gasteiger partial charge in [0.2, 0.25) is 10.0 Å². The Morgan fingerprint density at radius 1 is 1.22 bits per heavy atom. The Balaban J connectivity index is 2.27. The second-order valence-corrected chi connectivity index (χ2v) is 7.73. The highest BCUT2D eigenvalue weighted by atomic mass is 32.2. The molecule has 1 aliphatic carbocycles. The van der Waals surface area contributed by atoms with Crippen molar-refractivity contribution in [3.8, 4) is 11.1 Å². The molecule has 124 valence electrons. The van der Waals surface area contributed by atoms with Crippen molar-refractivity contribution in [1.82, 2.24) is 5.16 Å². The standard InChI is InChI=1S/C16H21N3O3S/c1-9-15(10(2)22-19-9)12-7-13(11-5-3-4-6-11)16(17)14(8-12)23(18,20)21/h7-8,11H,3-6,17H2,1-2H3,(H2,18,20,21). The molecule has 7 heteroatoms. The van der Waals surface area contributed by atoms with Crippen LogP contribution in [-0.2, 0) is 10.0 Å². The van der Waals surface area contributed by atoms with Crippen molar-refractivity contribution in [1.29, 1.82) is 0 Å². The molecule has 3 rings (SSSR count). The van der Waals surface area contributed by atoms with E-state index in [9.17, 15) is 8.42 Å². The molecule has 2 aromatic rings. The van der Waals surface area contributed by atoms with E-state index >= 15 is 0 Å². The first-order valence-electron chi connectivity index (χ1n) is 7.68. The maximum atomic E-state index is 12.0. The summed E-state index contributed by atoms with van der Waals surface area (Å²) >= 11 is 0. The molecular formula is C16H21N3O3S. The molecule has 23 heavy (non-hydrogen) atoms. The van der Waals surface area contributed by atoms with Gasteiger partial charge in [0.25, 0.3) is 0 Å². The van der Waals surface area contributed by atoms with Gasteiger partial charge < -0.3 is 10.3 Å². The van der Waals surface area contributed by atoms with Crippen molar-refractivity contribution in [2.75, 3.05) is 5.73 Å². The average Bonchev–Trinajstić information content (AvgIpc) is 3.09. The van der Waals surface area contributed by atoms with Crippen LogP contribution in [0.25, 0.3) is 11.1 Å². The fourth-order valence-electron chi connectivity index (χ4n) is 3.50. The highest BCUT2D eigenvalue weighted by Gasteiger charge is 2.26. The predicted molar refractivity (Wildman–Crippen MR) is 88.4 cm³/mol. The Morgan fingerprint density at radius 3 is 2.39 bits per heavy atom. The van der Waals surface area contributed by atoms with Gasteiger partial charge in [-0.05, 0) is 55.9 Å². The first-order chi connectivity index (χ1) is 10.8. The van der Waals surface area contributed by atoms with E-state index in [1.54, 1.807) is 6.92 Å². The summed E-state index contributed by atoms with van der Waals surface area (Å²) < 4.78 is 29.2. The number of nitrogens with zero attached hydrogens (tertiary/aromatic N) is 1. The van der Waals surface area contributed by atoms with Gasteiger partial charge in [-0.3, -0.25) is 0 Å². The van der Waals surface area contributed by atoms with Crippen LogP contribution in [0.15, 0.2) is 21.6 Å². The first kappa shape index (κ1) is 16.0. The van der Waals surface area contributed by atoms with Gasteiger partial charge in [-0.15, -0.1) is 0 Å². The van der Waals surface area contributed by atoms with Crippen LogP contribution in [0.3, 0.4) is 0 Å². The molecular weight excluding hydrogens is 314 g/mol. The zero-order chi connectivity index (χ0) is 16.8. The van der Waals surface area contributed by atoms with E-state index in [0.29, 0.717) is 11.5 Å². The van der Waals surface area contributed by atoms with Gasteiger partial charge in [-0.25, -0.2) is 13.6 Å². The van der Waals surface area contributed by atoms with Crippen LogP contribution in [0.4, 0.5) is 5.69 Å². The Labute approximate surface area is 135 Å². The van der Waals surface area contributed by atoms with Gasteiger partial charge in [-0.1, -0.05) is 18.0 Å². The quantitative estimate of drug-likeness (QED) is 0.838. The monoisotopic (exact) mass is 335 g/mol. The van der Waals surface area contributed by atoms with Crippen molar-refractivity contribution < 1.29 is 12.9 Å². The summed E-state index contributed by atoms with van der Waals surface area (Å²) in [7, 11) is -3.90. The molecule has 0 aliphatic heterocycles. The predicted octanol–water partition coefficient (Wildman–Crippen LogP) is 2.85. The van der Waals surface area contributed by atoms with Crippen LogP contribution in [0.5, 0.6) is 0 Å². The highest BCUT2D eigenvalue weighted by Crippen LogP contribution is 2.42. The number of aryl methyl sites for hydroxylation is 2. The Bertz CT molecular complexity index is 830. The largest absolute Gasteiger partial charge is 0.397 e. The summed E-state index contributed by atoms with van der Waals surface area (Å²) in [6, 6.07) is 3.49. The number of hydrogen-bond donors (Lipinski definition) is 2. The van der Waals surface area contributed by atoms with Crippen molar-refractivity contribution in [3.63, 3.8) is 0 Å². The van der Waals surface area contributed by atoms with Crippen LogP contribution in [0.1, 0.15) is 48.6 Å². The summed E-state index contributed by atoms with van der Waals surface area (Å²) in [5.74, 6) is 0.918. The number of anilines is 1. The molecule has 1 aromatic carbocycles. The first-order valence-corrected chi connectivity index (χ1v) is 9.23. The number of nitrogens with two attached hydrogens (primary N) is 2. The van der Waals surface area contributed by atoms with E-state index in [-0.39, 0.29) is 16.5 Å². The number of rotatable bonds is 3. The number of hydrogen-bond acceptors (Lipinski definition) is 5. The van der Waals surface area contributed by atoms with Crippen LogP contribution in [-0.4, -0.2) is 13.6 Å². The normalized spacial score (nSPS) is 16.1. The van der Waals surface area contributed by atoms with E-state index < -0.39 is 10.0 Å². The molecule has 0 unspecified atom stereocenters.